The number of hydrogen-bond acceptors (Lipinski definition) is 2. The van der Waals surface area contributed by atoms with Crippen LogP contribution in [0.3, 0.4) is 0 Å². The van der Waals surface area contributed by atoms with Crippen LogP contribution in [0.15, 0.2) is 53.2 Å². The van der Waals surface area contributed by atoms with Crippen LogP contribution in [0, 0.1) is 0 Å². The zero-order valence-corrected chi connectivity index (χ0v) is 12.0. The third-order valence-corrected chi connectivity index (χ3v) is 3.73. The van der Waals surface area contributed by atoms with Crippen LogP contribution in [0.25, 0.3) is 11.0 Å². The van der Waals surface area contributed by atoms with Crippen molar-refractivity contribution in [1.29, 1.82) is 0 Å². The smallest absolute Gasteiger partial charge is 0.134 e. The van der Waals surface area contributed by atoms with Crippen molar-refractivity contribution in [3.8, 4) is 0 Å². The minimum Gasteiger partial charge on any atom is -0.461 e. The van der Waals surface area contributed by atoms with Gasteiger partial charge in [0.25, 0.3) is 0 Å². The lowest BCUT2D eigenvalue weighted by Crippen LogP contribution is -1.98. The zero-order valence-electron chi connectivity index (χ0n) is 12.0. The molecule has 1 unspecified atom stereocenters. The van der Waals surface area contributed by atoms with E-state index in [0.29, 0.717) is 5.92 Å². The van der Waals surface area contributed by atoms with Gasteiger partial charge in [-0.2, -0.15) is 0 Å². The molecule has 0 bridgehead atoms. The Morgan fingerprint density at radius 2 is 1.90 bits per heavy atom. The lowest BCUT2D eigenvalue weighted by molar-refractivity contribution is 0.504. The fourth-order valence-corrected chi connectivity index (χ4v) is 2.55. The Hall–Kier alpha value is -2.09. The fraction of sp³-hybridized carbons (Fsp3) is 0.278. The molecule has 2 aromatic heterocycles. The van der Waals surface area contributed by atoms with Crippen molar-refractivity contribution in [3.05, 3.63) is 65.7 Å². The first-order chi connectivity index (χ1) is 9.76. The van der Waals surface area contributed by atoms with Gasteiger partial charge in [-0.3, -0.25) is 4.98 Å². The van der Waals surface area contributed by atoms with Gasteiger partial charge in [-0.15, -0.1) is 0 Å². The molecule has 0 aliphatic carbocycles. The Balaban J connectivity index is 1.82. The second-order valence-electron chi connectivity index (χ2n) is 5.35. The summed E-state index contributed by atoms with van der Waals surface area (Å²) in [6.45, 7) is 4.36. The molecule has 0 saturated carbocycles. The van der Waals surface area contributed by atoms with Crippen LogP contribution < -0.4 is 0 Å². The number of rotatable bonds is 4. The van der Waals surface area contributed by atoms with Crippen LogP contribution in [0.5, 0.6) is 0 Å². The van der Waals surface area contributed by atoms with E-state index in [0.717, 1.165) is 24.2 Å². The third-order valence-electron chi connectivity index (χ3n) is 3.73. The van der Waals surface area contributed by atoms with E-state index in [1.165, 1.54) is 16.5 Å². The SMILES string of the molecule is CCc1cncc(CC(C)c2cc3ccccc3o2)c1. The van der Waals surface area contributed by atoms with E-state index in [-0.39, 0.29) is 0 Å². The van der Waals surface area contributed by atoms with Crippen molar-refractivity contribution in [2.45, 2.75) is 32.6 Å². The quantitative estimate of drug-likeness (QED) is 0.681. The number of nitrogens with zero attached hydrogens (tertiary/aromatic N) is 1. The van der Waals surface area contributed by atoms with E-state index in [4.69, 9.17) is 4.42 Å². The lowest BCUT2D eigenvalue weighted by Gasteiger charge is -2.09. The van der Waals surface area contributed by atoms with Gasteiger partial charge in [0.05, 0.1) is 0 Å². The molecule has 1 atom stereocenters. The summed E-state index contributed by atoms with van der Waals surface area (Å²) in [4.78, 5) is 4.31. The van der Waals surface area contributed by atoms with Gasteiger partial charge in [0, 0.05) is 23.7 Å². The van der Waals surface area contributed by atoms with Gasteiger partial charge in [-0.25, -0.2) is 0 Å². The standard InChI is InChI=1S/C18H19NO/c1-3-14-9-15(12-19-11-14)8-13(2)18-10-16-6-4-5-7-17(16)20-18/h4-7,9-13H,3,8H2,1-2H3. The number of furan rings is 1. The van der Waals surface area contributed by atoms with Gasteiger partial charge in [-0.05, 0) is 36.1 Å². The van der Waals surface area contributed by atoms with E-state index >= 15 is 0 Å². The Bertz CT molecular complexity index is 681. The molecule has 102 valence electrons. The predicted octanol–water partition coefficient (Wildman–Crippen LogP) is 4.74. The molecule has 0 amide bonds. The molecule has 0 aliphatic heterocycles. The minimum absolute atomic E-state index is 0.358. The van der Waals surface area contributed by atoms with Crippen LogP contribution in [-0.2, 0) is 12.8 Å². The molecule has 3 rings (SSSR count). The molecule has 2 heteroatoms. The van der Waals surface area contributed by atoms with Crippen molar-refractivity contribution in [1.82, 2.24) is 4.98 Å². The summed E-state index contributed by atoms with van der Waals surface area (Å²) in [6.07, 6.45) is 5.88. The highest BCUT2D eigenvalue weighted by Gasteiger charge is 2.12. The minimum atomic E-state index is 0.358. The molecule has 0 aliphatic rings. The summed E-state index contributed by atoms with van der Waals surface area (Å²) in [5.74, 6) is 1.41. The molecule has 0 radical (unpaired) electrons. The first-order valence-corrected chi connectivity index (χ1v) is 7.17. The van der Waals surface area contributed by atoms with Crippen LogP contribution in [0.2, 0.25) is 0 Å². The molecule has 2 heterocycles. The van der Waals surface area contributed by atoms with Gasteiger partial charge in [0.2, 0.25) is 0 Å². The van der Waals surface area contributed by atoms with E-state index in [9.17, 15) is 0 Å². The number of aromatic nitrogens is 1. The highest BCUT2D eigenvalue weighted by molar-refractivity contribution is 5.77. The Morgan fingerprint density at radius 3 is 2.70 bits per heavy atom. The third kappa shape index (κ3) is 2.60. The van der Waals surface area contributed by atoms with Crippen LogP contribution in [0.4, 0.5) is 0 Å². The summed E-state index contributed by atoms with van der Waals surface area (Å²) >= 11 is 0. The summed E-state index contributed by atoms with van der Waals surface area (Å²) in [6, 6.07) is 12.6. The molecule has 2 nitrogen and oxygen atoms in total. The molecule has 20 heavy (non-hydrogen) atoms. The number of fused-ring (bicyclic) bond motifs is 1. The summed E-state index contributed by atoms with van der Waals surface area (Å²) in [5.41, 5.74) is 3.53. The zero-order chi connectivity index (χ0) is 13.9. The molecule has 0 spiro atoms. The number of para-hydroxylation sites is 1. The number of pyridine rings is 1. The van der Waals surface area contributed by atoms with Crippen molar-refractivity contribution < 1.29 is 4.42 Å². The number of hydrogen-bond donors (Lipinski definition) is 0. The maximum absolute atomic E-state index is 5.94. The highest BCUT2D eigenvalue weighted by Crippen LogP contribution is 2.27. The molecule has 0 N–H and O–H groups in total. The highest BCUT2D eigenvalue weighted by atomic mass is 16.3. The fourth-order valence-electron chi connectivity index (χ4n) is 2.55. The maximum Gasteiger partial charge on any atom is 0.134 e. The van der Waals surface area contributed by atoms with Crippen LogP contribution in [-0.4, -0.2) is 4.98 Å². The number of benzene rings is 1. The first-order valence-electron chi connectivity index (χ1n) is 7.17. The predicted molar refractivity (Wildman–Crippen MR) is 81.9 cm³/mol. The van der Waals surface area contributed by atoms with Gasteiger partial charge in [0.1, 0.15) is 11.3 Å². The average molecular weight is 265 g/mol. The van der Waals surface area contributed by atoms with E-state index < -0.39 is 0 Å². The van der Waals surface area contributed by atoms with Gasteiger partial charge in [-0.1, -0.05) is 38.1 Å². The van der Waals surface area contributed by atoms with Crippen LogP contribution in [0.1, 0.15) is 36.7 Å². The molecule has 1 aromatic carbocycles. The Kier molecular flexibility index (Phi) is 3.55. The van der Waals surface area contributed by atoms with E-state index in [1.54, 1.807) is 0 Å². The van der Waals surface area contributed by atoms with Crippen molar-refractivity contribution >= 4 is 11.0 Å². The topological polar surface area (TPSA) is 26.0 Å². The average Bonchev–Trinajstić information content (AvgIpc) is 2.91. The Morgan fingerprint density at radius 1 is 1.10 bits per heavy atom. The van der Waals surface area contributed by atoms with E-state index in [1.807, 2.05) is 30.6 Å². The summed E-state index contributed by atoms with van der Waals surface area (Å²) in [5, 5.41) is 1.18. The largest absolute Gasteiger partial charge is 0.461 e. The maximum atomic E-state index is 5.94. The summed E-state index contributed by atoms with van der Waals surface area (Å²) < 4.78 is 5.94. The Labute approximate surface area is 119 Å². The molecule has 0 saturated heterocycles. The molecular formula is C18H19NO. The van der Waals surface area contributed by atoms with Gasteiger partial charge < -0.3 is 4.42 Å². The van der Waals surface area contributed by atoms with E-state index in [2.05, 4.69) is 37.0 Å². The lowest BCUT2D eigenvalue weighted by atomic mass is 9.98. The van der Waals surface area contributed by atoms with Crippen molar-refractivity contribution in [2.75, 3.05) is 0 Å². The second kappa shape index (κ2) is 5.49. The van der Waals surface area contributed by atoms with Gasteiger partial charge >= 0.3 is 0 Å². The van der Waals surface area contributed by atoms with Crippen molar-refractivity contribution in [2.24, 2.45) is 0 Å². The van der Waals surface area contributed by atoms with Gasteiger partial charge in [0.15, 0.2) is 0 Å². The molecular weight excluding hydrogens is 246 g/mol. The normalized spacial score (nSPS) is 12.7. The van der Waals surface area contributed by atoms with Crippen molar-refractivity contribution in [3.63, 3.8) is 0 Å². The monoisotopic (exact) mass is 265 g/mol. The molecule has 0 fully saturated rings. The number of aryl methyl sites for hydroxylation is 1. The van der Waals surface area contributed by atoms with Crippen LogP contribution >= 0.6 is 0 Å². The second-order valence-corrected chi connectivity index (χ2v) is 5.35. The first kappa shape index (κ1) is 12.9. The summed E-state index contributed by atoms with van der Waals surface area (Å²) in [7, 11) is 0. The molecule has 3 aromatic rings.